The lowest BCUT2D eigenvalue weighted by atomic mass is 9.90. The van der Waals surface area contributed by atoms with Crippen LogP contribution in [0.5, 0.6) is 0 Å². The number of carbonyl (C=O) groups excluding carboxylic acids is 5. The van der Waals surface area contributed by atoms with Crippen LogP contribution in [0.25, 0.3) is 0 Å². The molecule has 0 aromatic rings. The average Bonchev–Trinajstić information content (AvgIpc) is 3.00. The molecule has 308 valence electrons. The van der Waals surface area contributed by atoms with E-state index in [1.807, 2.05) is 0 Å². The van der Waals surface area contributed by atoms with Gasteiger partial charge < -0.3 is 24.8 Å². The molecular weight excluding hydrogens is 817 g/mol. The fraction of sp³-hybridized carbons (Fsp3) is 0.833. The van der Waals surface area contributed by atoms with E-state index >= 15 is 0 Å². The number of Topliss-reactive ketones (excluding diaryl/α,β-unsaturated/α-hetero) is 2. The number of likely N-dealkylation sites (tertiary alicyclic amines) is 1. The van der Waals surface area contributed by atoms with Crippen molar-refractivity contribution in [2.75, 3.05) is 26.2 Å². The first-order valence-corrected chi connectivity index (χ1v) is 20.1. The van der Waals surface area contributed by atoms with E-state index in [-0.39, 0.29) is 55.0 Å². The van der Waals surface area contributed by atoms with Gasteiger partial charge in [0.25, 0.3) is 0 Å². The Morgan fingerprint density at radius 3 is 1.55 bits per heavy atom. The fourth-order valence-electron chi connectivity index (χ4n) is 5.26. The highest BCUT2D eigenvalue weighted by Crippen LogP contribution is 2.33. The quantitative estimate of drug-likeness (QED) is 0.144. The van der Waals surface area contributed by atoms with Gasteiger partial charge in [-0.05, 0) is 73.8 Å². The number of piperidine rings is 2. The van der Waals surface area contributed by atoms with Crippen molar-refractivity contribution in [3.63, 3.8) is 0 Å². The average molecular weight is 876 g/mol. The molecule has 1 amide bonds. The molecule has 2 heterocycles. The maximum Gasteiger partial charge on any atom is 0.307 e. The third-order valence-corrected chi connectivity index (χ3v) is 9.01. The summed E-state index contributed by atoms with van der Waals surface area (Å²) in [7, 11) is 0. The van der Waals surface area contributed by atoms with Gasteiger partial charge >= 0.3 is 17.9 Å². The van der Waals surface area contributed by atoms with Crippen molar-refractivity contribution in [3.8, 4) is 0 Å². The van der Waals surface area contributed by atoms with Crippen molar-refractivity contribution in [1.82, 2.24) is 10.2 Å². The Hall–Kier alpha value is -1.08. The normalized spacial score (nSPS) is 19.2. The molecule has 0 saturated carbocycles. The van der Waals surface area contributed by atoms with Crippen LogP contribution in [0, 0.1) is 23.7 Å². The molecule has 17 heteroatoms. The molecule has 2 aliphatic rings. The lowest BCUT2D eigenvalue weighted by Crippen LogP contribution is -2.45. The number of alkyl halides is 6. The number of esters is 2. The highest BCUT2D eigenvalue weighted by molar-refractivity contribution is 6.68. The third kappa shape index (κ3) is 27.2. The van der Waals surface area contributed by atoms with Gasteiger partial charge in [0.15, 0.2) is 7.59 Å². The zero-order valence-corrected chi connectivity index (χ0v) is 36.7. The summed E-state index contributed by atoms with van der Waals surface area (Å²) in [5.41, 5.74) is -1.12. The van der Waals surface area contributed by atoms with Crippen molar-refractivity contribution in [2.45, 2.75) is 138 Å². The van der Waals surface area contributed by atoms with E-state index in [0.29, 0.717) is 25.9 Å². The number of aliphatic carboxylic acids is 1. The summed E-state index contributed by atoms with van der Waals surface area (Å²) in [5.74, 6) is -3.05. The number of carboxylic acids is 1. The predicted molar refractivity (Wildman–Crippen MR) is 211 cm³/mol. The van der Waals surface area contributed by atoms with E-state index in [1.165, 1.54) is 6.92 Å². The summed E-state index contributed by atoms with van der Waals surface area (Å²) < 4.78 is 7.49. The Balaban J connectivity index is 0.000000843. The molecule has 0 spiro atoms. The molecule has 0 radical (unpaired) electrons. The number of hydrogen-bond acceptors (Lipinski definition) is 9. The molecule has 2 rings (SSSR count). The highest BCUT2D eigenvalue weighted by atomic mass is 35.6. The minimum absolute atomic E-state index is 0.00798. The van der Waals surface area contributed by atoms with Crippen molar-refractivity contribution in [2.24, 2.45) is 23.7 Å². The summed E-state index contributed by atoms with van der Waals surface area (Å²) in [6.07, 6.45) is 4.46. The topological polar surface area (TPSA) is 156 Å². The number of nitrogens with one attached hydrogen (secondary N) is 1. The second-order valence-electron chi connectivity index (χ2n) is 15.6. The van der Waals surface area contributed by atoms with E-state index in [2.05, 4.69) is 5.32 Å². The first-order valence-electron chi connectivity index (χ1n) is 17.8. The van der Waals surface area contributed by atoms with Crippen LogP contribution in [0.4, 0.5) is 0 Å². The van der Waals surface area contributed by atoms with E-state index in [1.54, 1.807) is 53.4 Å². The molecule has 2 N–H and O–H groups in total. The standard InChI is InChI=1S/C18H28Cl3NO4.C9H14Cl3NO.C9H16O4/c1-12(10-15(24)26-17(2,3)4)16(25)22-9-5-6-13(11-22)14(23)7-8-18(19,20)21;10-9(11,12)4-3-8(14)7-2-1-5-13-6-7;1-6(8(11)12)5-7(10)13-9(2,3)4/h12-13H,5-11H2,1-4H3;7,13H,1-6H2;6H,5H2,1-4H3,(H,11,12)/t12-,13-;7-;6-/m111/s1. The number of nitrogens with zero attached hydrogens (tertiary/aromatic N) is 1. The summed E-state index contributed by atoms with van der Waals surface area (Å²) in [6, 6.07) is 0. The largest absolute Gasteiger partial charge is 0.481 e. The first kappa shape index (κ1) is 51.9. The Morgan fingerprint density at radius 2 is 1.15 bits per heavy atom. The number of ether oxygens (including phenoxy) is 2. The maximum atomic E-state index is 12.6. The van der Waals surface area contributed by atoms with Crippen LogP contribution in [-0.2, 0) is 38.2 Å². The van der Waals surface area contributed by atoms with E-state index < -0.39 is 48.5 Å². The Bertz CT molecular complexity index is 1200. The van der Waals surface area contributed by atoms with Gasteiger partial charge in [0.2, 0.25) is 5.91 Å². The minimum atomic E-state index is -1.44. The molecule has 0 aromatic heterocycles. The smallest absolute Gasteiger partial charge is 0.307 e. The zero-order chi connectivity index (χ0) is 41.4. The molecule has 4 atom stereocenters. The second-order valence-corrected chi connectivity index (χ2v) is 20.6. The minimum Gasteiger partial charge on any atom is -0.481 e. The Labute approximate surface area is 345 Å². The number of halogens is 6. The summed E-state index contributed by atoms with van der Waals surface area (Å²) in [6.45, 7) is 16.5. The van der Waals surface area contributed by atoms with Gasteiger partial charge in [-0.1, -0.05) is 83.5 Å². The molecule has 2 saturated heterocycles. The Morgan fingerprint density at radius 1 is 0.717 bits per heavy atom. The van der Waals surface area contributed by atoms with Crippen LogP contribution in [0.2, 0.25) is 0 Å². The summed E-state index contributed by atoms with van der Waals surface area (Å²) in [4.78, 5) is 71.7. The first-order chi connectivity index (χ1) is 24.0. The molecule has 2 aliphatic heterocycles. The Kier molecular flexibility index (Phi) is 23.4. The molecule has 2 fully saturated rings. The molecule has 11 nitrogen and oxygen atoms in total. The number of ketones is 2. The van der Waals surface area contributed by atoms with Crippen LogP contribution >= 0.6 is 69.6 Å². The lowest BCUT2D eigenvalue weighted by Gasteiger charge is -2.34. The van der Waals surface area contributed by atoms with E-state index in [9.17, 15) is 28.8 Å². The summed E-state index contributed by atoms with van der Waals surface area (Å²) in [5, 5.41) is 11.7. The third-order valence-electron chi connectivity index (χ3n) is 7.88. The van der Waals surface area contributed by atoms with Gasteiger partial charge in [-0.25, -0.2) is 0 Å². The number of hydrogen-bond donors (Lipinski definition) is 2. The van der Waals surface area contributed by atoms with Crippen molar-refractivity contribution < 1.29 is 43.3 Å². The van der Waals surface area contributed by atoms with Crippen LogP contribution in [-0.4, -0.2) is 90.4 Å². The molecule has 0 unspecified atom stereocenters. The van der Waals surface area contributed by atoms with Gasteiger partial charge in [-0.3, -0.25) is 28.8 Å². The van der Waals surface area contributed by atoms with E-state index in [0.717, 1.165) is 38.8 Å². The van der Waals surface area contributed by atoms with Gasteiger partial charge in [0, 0.05) is 63.1 Å². The molecule has 0 bridgehead atoms. The SMILES string of the molecule is C[C@H](CC(=O)OC(C)(C)C)C(=O)N1CCC[C@@H](C(=O)CCC(Cl)(Cl)Cl)C1.C[C@H](CC(=O)OC(C)(C)C)C(=O)O.O=C(CCC(Cl)(Cl)Cl)[C@@H]1CCCNC1. The number of carboxylic acid groups (broad SMARTS) is 1. The van der Waals surface area contributed by atoms with Crippen LogP contribution in [0.1, 0.15) is 120 Å². The molecule has 0 aliphatic carbocycles. The van der Waals surface area contributed by atoms with Gasteiger partial charge in [-0.2, -0.15) is 0 Å². The van der Waals surface area contributed by atoms with Gasteiger partial charge in [-0.15, -0.1) is 0 Å². The zero-order valence-electron chi connectivity index (χ0n) is 32.1. The van der Waals surface area contributed by atoms with Crippen molar-refractivity contribution in [1.29, 1.82) is 0 Å². The van der Waals surface area contributed by atoms with Crippen LogP contribution < -0.4 is 5.32 Å². The monoisotopic (exact) mass is 872 g/mol. The molecule has 0 aromatic carbocycles. The number of rotatable bonds is 12. The highest BCUT2D eigenvalue weighted by Gasteiger charge is 2.33. The number of carbonyl (C=O) groups is 6. The van der Waals surface area contributed by atoms with Crippen LogP contribution in [0.3, 0.4) is 0 Å². The lowest BCUT2D eigenvalue weighted by molar-refractivity contribution is -0.159. The molecular formula is C36H58Cl6N2O9. The van der Waals surface area contributed by atoms with Crippen molar-refractivity contribution >= 4 is 105 Å². The second kappa shape index (κ2) is 23.9. The maximum absolute atomic E-state index is 12.6. The van der Waals surface area contributed by atoms with Crippen LogP contribution in [0.15, 0.2) is 0 Å². The predicted octanol–water partition coefficient (Wildman–Crippen LogP) is 8.46. The van der Waals surface area contributed by atoms with Gasteiger partial charge in [0.05, 0.1) is 18.8 Å². The van der Waals surface area contributed by atoms with Crippen molar-refractivity contribution in [3.05, 3.63) is 0 Å². The summed E-state index contributed by atoms with van der Waals surface area (Å²) >= 11 is 33.8. The number of amides is 1. The fourth-order valence-corrected chi connectivity index (χ4v) is 5.82. The van der Waals surface area contributed by atoms with Gasteiger partial charge in [0.1, 0.15) is 22.8 Å². The molecule has 53 heavy (non-hydrogen) atoms. The van der Waals surface area contributed by atoms with E-state index in [4.69, 9.17) is 84.2 Å².